The van der Waals surface area contributed by atoms with E-state index >= 15 is 0 Å². The van der Waals surface area contributed by atoms with Crippen LogP contribution in [0, 0.1) is 13.8 Å². The van der Waals surface area contributed by atoms with Gasteiger partial charge in [0, 0.05) is 24.7 Å². The number of ether oxygens (including phenoxy) is 1. The van der Waals surface area contributed by atoms with Gasteiger partial charge in [-0.2, -0.15) is 0 Å². The molecule has 0 saturated carbocycles. The molecular weight excluding hydrogens is 340 g/mol. The van der Waals surface area contributed by atoms with Gasteiger partial charge in [-0.15, -0.1) is 0 Å². The van der Waals surface area contributed by atoms with E-state index in [1.807, 2.05) is 62.4 Å². The Bertz CT molecular complexity index is 796. The molecule has 0 bridgehead atoms. The summed E-state index contributed by atoms with van der Waals surface area (Å²) in [5, 5.41) is 3.08. The largest absolute Gasteiger partial charge is 0.445 e. The normalized spacial score (nSPS) is 14.7. The van der Waals surface area contributed by atoms with E-state index in [-0.39, 0.29) is 24.6 Å². The van der Waals surface area contributed by atoms with Gasteiger partial charge < -0.3 is 15.0 Å². The van der Waals surface area contributed by atoms with Crippen LogP contribution < -0.4 is 5.32 Å². The van der Waals surface area contributed by atoms with Crippen molar-refractivity contribution in [1.82, 2.24) is 10.2 Å². The molecule has 1 fully saturated rings. The SMILES string of the molecule is Cc1ccc(C(=O)NC2CCN(C(=O)OCc3ccccc3)CC2)cc1C. The van der Waals surface area contributed by atoms with Crippen LogP contribution in [0.2, 0.25) is 0 Å². The Balaban J connectivity index is 1.44. The molecule has 1 N–H and O–H groups in total. The number of aryl methyl sites for hydroxylation is 2. The molecule has 0 aliphatic carbocycles. The maximum absolute atomic E-state index is 12.4. The van der Waals surface area contributed by atoms with E-state index in [0.717, 1.165) is 24.0 Å². The number of amides is 2. The summed E-state index contributed by atoms with van der Waals surface area (Å²) in [4.78, 5) is 26.4. The van der Waals surface area contributed by atoms with Gasteiger partial charge >= 0.3 is 6.09 Å². The average molecular weight is 366 g/mol. The van der Waals surface area contributed by atoms with E-state index in [9.17, 15) is 9.59 Å². The first-order valence-electron chi connectivity index (χ1n) is 9.36. The number of rotatable bonds is 4. The molecule has 1 heterocycles. The highest BCUT2D eigenvalue weighted by Crippen LogP contribution is 2.15. The molecule has 5 heteroatoms. The molecule has 27 heavy (non-hydrogen) atoms. The van der Waals surface area contributed by atoms with Gasteiger partial charge in [0.1, 0.15) is 6.61 Å². The second-order valence-electron chi connectivity index (χ2n) is 7.07. The van der Waals surface area contributed by atoms with Crippen molar-refractivity contribution in [2.75, 3.05) is 13.1 Å². The highest BCUT2D eigenvalue weighted by Gasteiger charge is 2.25. The van der Waals surface area contributed by atoms with E-state index in [2.05, 4.69) is 5.32 Å². The maximum Gasteiger partial charge on any atom is 0.410 e. The van der Waals surface area contributed by atoms with Crippen molar-refractivity contribution in [3.63, 3.8) is 0 Å². The van der Waals surface area contributed by atoms with Crippen molar-refractivity contribution >= 4 is 12.0 Å². The number of carbonyl (C=O) groups is 2. The second-order valence-corrected chi connectivity index (χ2v) is 7.07. The zero-order valence-corrected chi connectivity index (χ0v) is 15.9. The summed E-state index contributed by atoms with van der Waals surface area (Å²) in [6.07, 6.45) is 1.17. The molecule has 1 aliphatic heterocycles. The van der Waals surface area contributed by atoms with Gasteiger partial charge in [0.2, 0.25) is 0 Å². The third-order valence-electron chi connectivity index (χ3n) is 5.06. The topological polar surface area (TPSA) is 58.6 Å². The molecule has 0 spiro atoms. The van der Waals surface area contributed by atoms with Gasteiger partial charge in [0.05, 0.1) is 0 Å². The Labute approximate surface area is 160 Å². The van der Waals surface area contributed by atoms with Crippen LogP contribution in [0.25, 0.3) is 0 Å². The van der Waals surface area contributed by atoms with Crippen molar-refractivity contribution < 1.29 is 14.3 Å². The third-order valence-corrected chi connectivity index (χ3v) is 5.06. The van der Waals surface area contributed by atoms with E-state index < -0.39 is 0 Å². The van der Waals surface area contributed by atoms with Crippen LogP contribution >= 0.6 is 0 Å². The fraction of sp³-hybridized carbons (Fsp3) is 0.364. The number of hydrogen-bond acceptors (Lipinski definition) is 3. The number of piperidine rings is 1. The molecule has 5 nitrogen and oxygen atoms in total. The standard InChI is InChI=1S/C22H26N2O3/c1-16-8-9-19(14-17(16)2)21(25)23-20-10-12-24(13-11-20)22(26)27-15-18-6-4-3-5-7-18/h3-9,14,20H,10-13,15H2,1-2H3,(H,23,25). The third kappa shape index (κ3) is 5.09. The van der Waals surface area contributed by atoms with Crippen molar-refractivity contribution in [1.29, 1.82) is 0 Å². The lowest BCUT2D eigenvalue weighted by molar-refractivity contribution is 0.0809. The Morgan fingerprint density at radius 3 is 2.41 bits per heavy atom. The first kappa shape index (κ1) is 19.0. The lowest BCUT2D eigenvalue weighted by atomic mass is 10.0. The Hall–Kier alpha value is -2.82. The van der Waals surface area contributed by atoms with Crippen LogP contribution in [-0.2, 0) is 11.3 Å². The molecule has 142 valence electrons. The van der Waals surface area contributed by atoms with Crippen molar-refractivity contribution in [2.24, 2.45) is 0 Å². The molecule has 2 aromatic rings. The van der Waals surface area contributed by atoms with E-state index in [1.54, 1.807) is 4.90 Å². The Kier molecular flexibility index (Phi) is 6.12. The number of nitrogens with one attached hydrogen (secondary N) is 1. The quantitative estimate of drug-likeness (QED) is 0.894. The monoisotopic (exact) mass is 366 g/mol. The molecule has 0 aromatic heterocycles. The van der Waals surface area contributed by atoms with Gasteiger partial charge in [-0.3, -0.25) is 4.79 Å². The first-order chi connectivity index (χ1) is 13.0. The Morgan fingerprint density at radius 2 is 1.74 bits per heavy atom. The zero-order valence-electron chi connectivity index (χ0n) is 15.9. The fourth-order valence-corrected chi connectivity index (χ4v) is 3.17. The van der Waals surface area contributed by atoms with Crippen LogP contribution in [0.5, 0.6) is 0 Å². The van der Waals surface area contributed by atoms with Gasteiger partial charge in [-0.1, -0.05) is 36.4 Å². The van der Waals surface area contributed by atoms with E-state index in [4.69, 9.17) is 4.74 Å². The van der Waals surface area contributed by atoms with Gasteiger partial charge in [-0.05, 0) is 55.5 Å². The number of nitrogens with zero attached hydrogens (tertiary/aromatic N) is 1. The summed E-state index contributed by atoms with van der Waals surface area (Å²) < 4.78 is 5.38. The van der Waals surface area contributed by atoms with Crippen LogP contribution in [0.4, 0.5) is 4.79 Å². The van der Waals surface area contributed by atoms with Gasteiger partial charge in [-0.25, -0.2) is 4.79 Å². The van der Waals surface area contributed by atoms with Crippen LogP contribution in [0.3, 0.4) is 0 Å². The van der Waals surface area contributed by atoms with Crippen molar-refractivity contribution in [3.8, 4) is 0 Å². The fourth-order valence-electron chi connectivity index (χ4n) is 3.17. The summed E-state index contributed by atoms with van der Waals surface area (Å²) in [5.74, 6) is -0.0526. The smallest absolute Gasteiger partial charge is 0.410 e. The molecular formula is C22H26N2O3. The predicted molar refractivity (Wildman–Crippen MR) is 105 cm³/mol. The molecule has 0 atom stereocenters. The number of hydrogen-bond donors (Lipinski definition) is 1. The molecule has 2 amide bonds. The summed E-state index contributed by atoms with van der Waals surface area (Å²) >= 11 is 0. The highest BCUT2D eigenvalue weighted by molar-refractivity contribution is 5.94. The van der Waals surface area contributed by atoms with Crippen molar-refractivity contribution in [2.45, 2.75) is 39.3 Å². The summed E-state index contributed by atoms with van der Waals surface area (Å²) in [7, 11) is 0. The molecule has 0 unspecified atom stereocenters. The molecule has 3 rings (SSSR count). The number of benzene rings is 2. The van der Waals surface area contributed by atoms with E-state index in [0.29, 0.717) is 18.7 Å². The van der Waals surface area contributed by atoms with Crippen molar-refractivity contribution in [3.05, 3.63) is 70.8 Å². The molecule has 1 aliphatic rings. The molecule has 2 aromatic carbocycles. The second kappa shape index (κ2) is 8.71. The van der Waals surface area contributed by atoms with Crippen LogP contribution in [-0.4, -0.2) is 36.0 Å². The number of likely N-dealkylation sites (tertiary alicyclic amines) is 1. The minimum absolute atomic E-state index is 0.0526. The minimum atomic E-state index is -0.294. The highest BCUT2D eigenvalue weighted by atomic mass is 16.6. The molecule has 1 saturated heterocycles. The minimum Gasteiger partial charge on any atom is -0.445 e. The van der Waals surface area contributed by atoms with Gasteiger partial charge in [0.15, 0.2) is 0 Å². The van der Waals surface area contributed by atoms with E-state index in [1.165, 1.54) is 5.56 Å². The summed E-state index contributed by atoms with van der Waals surface area (Å²) in [6.45, 7) is 5.50. The maximum atomic E-state index is 12.4. The number of carbonyl (C=O) groups excluding carboxylic acids is 2. The summed E-state index contributed by atoms with van der Waals surface area (Å²) in [6, 6.07) is 15.5. The predicted octanol–water partition coefficient (Wildman–Crippen LogP) is 3.83. The van der Waals surface area contributed by atoms with Crippen LogP contribution in [0.1, 0.15) is 39.9 Å². The lowest BCUT2D eigenvalue weighted by Crippen LogP contribution is -2.46. The zero-order chi connectivity index (χ0) is 19.2. The van der Waals surface area contributed by atoms with Gasteiger partial charge in [0.25, 0.3) is 5.91 Å². The first-order valence-corrected chi connectivity index (χ1v) is 9.36. The van der Waals surface area contributed by atoms with Crippen LogP contribution in [0.15, 0.2) is 48.5 Å². The summed E-state index contributed by atoms with van der Waals surface area (Å²) in [5.41, 5.74) is 3.94. The lowest BCUT2D eigenvalue weighted by Gasteiger charge is -2.31. The Morgan fingerprint density at radius 1 is 1.04 bits per heavy atom. The molecule has 0 radical (unpaired) electrons. The average Bonchev–Trinajstić information content (AvgIpc) is 2.69.